The first-order valence-corrected chi connectivity index (χ1v) is 31.6. The second-order valence-corrected chi connectivity index (χ2v) is 23.7. The lowest BCUT2D eigenvalue weighted by Crippen LogP contribution is -2.29. The summed E-state index contributed by atoms with van der Waals surface area (Å²) in [5, 5.41) is 26.3. The van der Waals surface area contributed by atoms with Crippen molar-refractivity contribution in [1.82, 2.24) is 59.3 Å². The van der Waals surface area contributed by atoms with E-state index >= 15 is 0 Å². The van der Waals surface area contributed by atoms with Crippen LogP contribution in [0.2, 0.25) is 0 Å². The van der Waals surface area contributed by atoms with Crippen LogP contribution in [0.5, 0.6) is 11.5 Å². The summed E-state index contributed by atoms with van der Waals surface area (Å²) in [6.07, 6.45) is 11.0. The lowest BCUT2D eigenvalue weighted by molar-refractivity contribution is 0.0515. The van der Waals surface area contributed by atoms with Gasteiger partial charge in [-0.1, -0.05) is 121 Å². The molecule has 2 fully saturated rings. The Kier molecular flexibility index (Phi) is 17.4. The minimum atomic E-state index is -0.348. The Labute approximate surface area is 525 Å². The number of nitrogens with zero attached hydrogens (tertiary/aromatic N) is 12. The fourth-order valence-electron chi connectivity index (χ4n) is 13.5. The number of carbonyl (C=O) groups is 2. The standard InChI is InChI=1S/2C36H38N6O3/c2*1-4-33-28-14-6-7-15-34(28)45-17-16-41(33)22-24-10-8-11-25(18-24)26-12-9-13-27(19-26)42-35(31(21-37-42)36(43)44-5-2)30-20-29(30)32-23-40(3)39-38-32/h2*6-15,18-19,21,23,29-30,33H,4-5,16-17,20,22H2,1-3H3/t29-,30-,33+;29-,30-,33-/m11/s1. The molecule has 0 amide bonds. The van der Waals surface area contributed by atoms with Gasteiger partial charge < -0.3 is 18.9 Å². The van der Waals surface area contributed by atoms with Gasteiger partial charge in [0.2, 0.25) is 0 Å². The minimum absolute atomic E-state index is 0.102. The molecule has 10 aromatic rings. The third-order valence-corrected chi connectivity index (χ3v) is 17.8. The maximum absolute atomic E-state index is 13.0. The van der Waals surface area contributed by atoms with E-state index < -0.39 is 0 Å². The van der Waals surface area contributed by atoms with Crippen molar-refractivity contribution in [3.63, 3.8) is 0 Å². The first kappa shape index (κ1) is 59.4. The number of hydrogen-bond donors (Lipinski definition) is 0. The van der Waals surface area contributed by atoms with Gasteiger partial charge in [-0.25, -0.2) is 19.0 Å². The van der Waals surface area contributed by atoms with Gasteiger partial charge in [0.15, 0.2) is 0 Å². The van der Waals surface area contributed by atoms with Crippen LogP contribution in [0.25, 0.3) is 33.6 Å². The van der Waals surface area contributed by atoms with E-state index in [1.54, 1.807) is 21.8 Å². The van der Waals surface area contributed by atoms with Gasteiger partial charge in [-0.3, -0.25) is 19.2 Å². The number of rotatable bonds is 18. The third-order valence-electron chi connectivity index (χ3n) is 17.8. The minimum Gasteiger partial charge on any atom is -0.492 e. The largest absolute Gasteiger partial charge is 0.492 e. The topological polar surface area (TPSA) is 175 Å². The molecular formula is C72H76N12O6. The molecule has 460 valence electrons. The van der Waals surface area contributed by atoms with Gasteiger partial charge in [0.05, 0.1) is 59.8 Å². The van der Waals surface area contributed by atoms with Gasteiger partial charge in [-0.2, -0.15) is 10.2 Å². The highest BCUT2D eigenvalue weighted by atomic mass is 16.5. The van der Waals surface area contributed by atoms with Crippen molar-refractivity contribution in [2.45, 2.75) is 102 Å². The van der Waals surface area contributed by atoms with E-state index in [4.69, 9.17) is 29.1 Å². The zero-order chi connectivity index (χ0) is 61.8. The SMILES string of the molecule is CCOC(=O)c1cnn(-c2cccc(-c3cccc(CN4CCOc5ccccc5[C@@H]4CC)c3)c2)c1[C@@H]1C[C@H]1c1cn(C)nn1.CCOC(=O)c1cnn(-c2cccc(-c3cccc(CN4CCOc5ccccc5[C@H]4CC)c3)c2)c1[C@@H]1C[C@H]1c1cn(C)nn1. The van der Waals surface area contributed by atoms with Gasteiger partial charge in [-0.05, 0) is 121 Å². The molecule has 0 bridgehead atoms. The van der Waals surface area contributed by atoms with Crippen molar-refractivity contribution in [3.05, 3.63) is 227 Å². The van der Waals surface area contributed by atoms with E-state index in [1.165, 1.54) is 22.3 Å². The van der Waals surface area contributed by atoms with E-state index in [-0.39, 0.29) is 35.6 Å². The van der Waals surface area contributed by atoms with Crippen LogP contribution >= 0.6 is 0 Å². The van der Waals surface area contributed by atoms with Crippen LogP contribution in [0, 0.1) is 0 Å². The Morgan fingerprint density at radius 2 is 0.911 bits per heavy atom. The number of fused-ring (bicyclic) bond motifs is 2. The van der Waals surface area contributed by atoms with Crippen LogP contribution in [0.1, 0.15) is 155 Å². The lowest BCUT2D eigenvalue weighted by atomic mass is 9.99. The molecule has 18 heteroatoms. The molecule has 90 heavy (non-hydrogen) atoms. The average Bonchev–Trinajstić information content (AvgIpc) is 1.62. The van der Waals surface area contributed by atoms with E-state index in [1.807, 2.05) is 74.0 Å². The summed E-state index contributed by atoms with van der Waals surface area (Å²) in [5.74, 6) is 1.87. The Morgan fingerprint density at radius 3 is 1.31 bits per heavy atom. The van der Waals surface area contributed by atoms with E-state index in [0.717, 1.165) is 120 Å². The number of aryl methyl sites for hydroxylation is 2. The monoisotopic (exact) mass is 1200 g/mol. The summed E-state index contributed by atoms with van der Waals surface area (Å²) in [6, 6.07) is 51.7. The summed E-state index contributed by atoms with van der Waals surface area (Å²) in [4.78, 5) is 31.0. The van der Waals surface area contributed by atoms with Gasteiger partial charge in [0, 0.05) is 99.6 Å². The average molecular weight is 1210 g/mol. The molecule has 0 saturated heterocycles. The predicted octanol–water partition coefficient (Wildman–Crippen LogP) is 12.9. The van der Waals surface area contributed by atoms with E-state index in [2.05, 4.69) is 166 Å². The number of esters is 2. The van der Waals surface area contributed by atoms with Gasteiger partial charge in [-0.15, -0.1) is 10.2 Å². The summed E-state index contributed by atoms with van der Waals surface area (Å²) < 4.78 is 30.3. The number of aromatic nitrogens is 10. The third kappa shape index (κ3) is 12.5. The van der Waals surface area contributed by atoms with Crippen molar-refractivity contribution in [1.29, 1.82) is 0 Å². The smallest absolute Gasteiger partial charge is 0.341 e. The molecule has 18 nitrogen and oxygen atoms in total. The highest BCUT2D eigenvalue weighted by Crippen LogP contribution is 2.56. The normalized spacial score (nSPS) is 19.4. The van der Waals surface area contributed by atoms with Gasteiger partial charge >= 0.3 is 11.9 Å². The first-order valence-electron chi connectivity index (χ1n) is 31.6. The molecule has 0 spiro atoms. The van der Waals surface area contributed by atoms with Gasteiger partial charge in [0.1, 0.15) is 35.8 Å². The molecule has 0 radical (unpaired) electrons. The molecule has 2 aliphatic heterocycles. The highest BCUT2D eigenvalue weighted by molar-refractivity contribution is 5.92. The quantitative estimate of drug-likeness (QED) is 0.0742. The molecule has 0 N–H and O–H groups in total. The summed E-state index contributed by atoms with van der Waals surface area (Å²) >= 11 is 0. The molecule has 0 unspecified atom stereocenters. The fourth-order valence-corrected chi connectivity index (χ4v) is 13.5. The number of para-hydroxylation sites is 2. The van der Waals surface area contributed by atoms with Crippen molar-refractivity contribution in [2.24, 2.45) is 14.1 Å². The molecule has 6 heterocycles. The second-order valence-electron chi connectivity index (χ2n) is 23.7. The summed E-state index contributed by atoms with van der Waals surface area (Å²) in [7, 11) is 3.73. The maximum atomic E-state index is 13.0. The highest BCUT2D eigenvalue weighted by Gasteiger charge is 2.47. The van der Waals surface area contributed by atoms with Gasteiger partial charge in [0.25, 0.3) is 0 Å². The lowest BCUT2D eigenvalue weighted by Gasteiger charge is -2.29. The molecule has 4 aromatic heterocycles. The van der Waals surface area contributed by atoms with E-state index in [0.29, 0.717) is 49.6 Å². The number of hydrogen-bond acceptors (Lipinski definition) is 14. The predicted molar refractivity (Wildman–Crippen MR) is 343 cm³/mol. The zero-order valence-corrected chi connectivity index (χ0v) is 51.9. The van der Waals surface area contributed by atoms with Crippen LogP contribution in [-0.2, 0) is 36.7 Å². The molecule has 2 aliphatic carbocycles. The summed E-state index contributed by atoms with van der Waals surface area (Å²) in [5.41, 5.74) is 15.9. The first-order chi connectivity index (χ1) is 44.1. The van der Waals surface area contributed by atoms with Crippen LogP contribution in [0.15, 0.2) is 170 Å². The number of ether oxygens (including phenoxy) is 4. The molecule has 6 aromatic carbocycles. The zero-order valence-electron chi connectivity index (χ0n) is 51.9. The van der Waals surface area contributed by atoms with Crippen LogP contribution < -0.4 is 9.47 Å². The van der Waals surface area contributed by atoms with Crippen molar-refractivity contribution in [2.75, 3.05) is 39.5 Å². The fraction of sp³-hybridized carbons (Fsp3) is 0.333. The number of benzene rings is 6. The van der Waals surface area contributed by atoms with Crippen LogP contribution in [0.3, 0.4) is 0 Å². The van der Waals surface area contributed by atoms with Crippen molar-refractivity contribution in [3.8, 4) is 45.1 Å². The molecule has 6 atom stereocenters. The molecule has 4 aliphatic rings. The number of carbonyl (C=O) groups excluding carboxylic acids is 2. The Hall–Kier alpha value is -9.52. The maximum Gasteiger partial charge on any atom is 0.341 e. The van der Waals surface area contributed by atoms with Crippen molar-refractivity contribution >= 4 is 11.9 Å². The summed E-state index contributed by atoms with van der Waals surface area (Å²) in [6.45, 7) is 13.5. The van der Waals surface area contributed by atoms with Crippen LogP contribution in [-0.4, -0.2) is 111 Å². The van der Waals surface area contributed by atoms with Crippen molar-refractivity contribution < 1.29 is 28.5 Å². The Balaban J connectivity index is 0.000000165. The van der Waals surface area contributed by atoms with E-state index in [9.17, 15) is 9.59 Å². The molecular weight excluding hydrogens is 1130 g/mol. The Morgan fingerprint density at radius 1 is 0.500 bits per heavy atom. The molecule has 14 rings (SSSR count). The molecule has 2 saturated carbocycles. The second kappa shape index (κ2) is 26.3. The Bertz CT molecular complexity index is 3920. The van der Waals surface area contributed by atoms with Crippen LogP contribution in [0.4, 0.5) is 0 Å².